The number of aromatic nitrogens is 1. The van der Waals surface area contributed by atoms with Gasteiger partial charge in [0.15, 0.2) is 0 Å². The van der Waals surface area contributed by atoms with Crippen LogP contribution in [-0.4, -0.2) is 16.8 Å². The number of para-hydroxylation sites is 1. The second-order valence-corrected chi connectivity index (χ2v) is 5.54. The maximum absolute atomic E-state index is 5.79. The molecule has 0 bridgehead atoms. The lowest BCUT2D eigenvalue weighted by atomic mass is 9.94. The molecule has 2 nitrogen and oxygen atoms in total. The topological polar surface area (TPSA) is 14.2 Å². The Balaban J connectivity index is 1.98. The van der Waals surface area contributed by atoms with Crippen LogP contribution in [0.5, 0.6) is 0 Å². The Bertz CT molecular complexity index is 526. The zero-order valence-corrected chi connectivity index (χ0v) is 10.5. The van der Waals surface area contributed by atoms with Crippen molar-refractivity contribution in [2.45, 2.75) is 38.3 Å². The summed E-state index contributed by atoms with van der Waals surface area (Å²) in [6.07, 6.45) is 4.42. The number of hydrogen-bond donors (Lipinski definition) is 0. The highest BCUT2D eigenvalue weighted by Crippen LogP contribution is 2.34. The molecule has 2 heterocycles. The fraction of sp³-hybridized carbons (Fsp3) is 0.467. The minimum Gasteiger partial charge on any atom is -0.375 e. The smallest absolute Gasteiger partial charge is 0.0646 e. The zero-order chi connectivity index (χ0) is 11.9. The Hall–Kier alpha value is -1.28. The quantitative estimate of drug-likeness (QED) is 0.726. The number of rotatable bonds is 1. The third-order valence-electron chi connectivity index (χ3n) is 3.69. The van der Waals surface area contributed by atoms with Crippen molar-refractivity contribution in [3.8, 4) is 0 Å². The van der Waals surface area contributed by atoms with E-state index in [4.69, 9.17) is 4.74 Å². The Morgan fingerprint density at radius 2 is 2.06 bits per heavy atom. The van der Waals surface area contributed by atoms with E-state index in [1.165, 1.54) is 10.9 Å². The Labute approximate surface area is 102 Å². The normalized spacial score (nSPS) is 24.0. The van der Waals surface area contributed by atoms with E-state index in [-0.39, 0.29) is 5.60 Å². The van der Waals surface area contributed by atoms with Crippen LogP contribution < -0.4 is 0 Å². The molecule has 0 amide bonds. The largest absolute Gasteiger partial charge is 0.375 e. The van der Waals surface area contributed by atoms with Gasteiger partial charge in [0.05, 0.1) is 5.60 Å². The van der Waals surface area contributed by atoms with Crippen LogP contribution in [0.15, 0.2) is 36.5 Å². The summed E-state index contributed by atoms with van der Waals surface area (Å²) in [5.74, 6) is 0. The zero-order valence-electron chi connectivity index (χ0n) is 10.5. The number of nitrogens with zero attached hydrogens (tertiary/aromatic N) is 1. The van der Waals surface area contributed by atoms with E-state index in [1.54, 1.807) is 0 Å². The summed E-state index contributed by atoms with van der Waals surface area (Å²) < 4.78 is 8.21. The van der Waals surface area contributed by atoms with E-state index in [0.29, 0.717) is 6.04 Å². The summed E-state index contributed by atoms with van der Waals surface area (Å²) in [7, 11) is 0. The number of ether oxygens (including phenoxy) is 1. The Kier molecular flexibility index (Phi) is 2.48. The summed E-state index contributed by atoms with van der Waals surface area (Å²) >= 11 is 0. The molecule has 1 saturated heterocycles. The fourth-order valence-corrected chi connectivity index (χ4v) is 2.86. The minimum absolute atomic E-state index is 0.00822. The summed E-state index contributed by atoms with van der Waals surface area (Å²) in [6, 6.07) is 11.4. The van der Waals surface area contributed by atoms with Gasteiger partial charge in [0.25, 0.3) is 0 Å². The van der Waals surface area contributed by atoms with Gasteiger partial charge in [-0.3, -0.25) is 0 Å². The lowest BCUT2D eigenvalue weighted by molar-refractivity contribution is -0.0684. The first-order valence-corrected chi connectivity index (χ1v) is 6.35. The second-order valence-electron chi connectivity index (χ2n) is 5.54. The van der Waals surface area contributed by atoms with Gasteiger partial charge in [-0.05, 0) is 44.2 Å². The SMILES string of the molecule is CC1(C)CC(n2ccc3ccccc32)CCO1. The Morgan fingerprint density at radius 3 is 2.88 bits per heavy atom. The van der Waals surface area contributed by atoms with Crippen LogP contribution >= 0.6 is 0 Å². The van der Waals surface area contributed by atoms with Crippen molar-refractivity contribution < 1.29 is 4.74 Å². The van der Waals surface area contributed by atoms with Crippen LogP contribution in [0, 0.1) is 0 Å². The highest BCUT2D eigenvalue weighted by atomic mass is 16.5. The lowest BCUT2D eigenvalue weighted by Crippen LogP contribution is -2.34. The average molecular weight is 229 g/mol. The van der Waals surface area contributed by atoms with Crippen LogP contribution in [0.4, 0.5) is 0 Å². The second kappa shape index (κ2) is 3.88. The van der Waals surface area contributed by atoms with Crippen LogP contribution in [0.25, 0.3) is 10.9 Å². The highest BCUT2D eigenvalue weighted by molar-refractivity contribution is 5.80. The average Bonchev–Trinajstić information content (AvgIpc) is 2.71. The summed E-state index contributed by atoms with van der Waals surface area (Å²) in [5.41, 5.74) is 1.35. The summed E-state index contributed by atoms with van der Waals surface area (Å²) in [4.78, 5) is 0. The molecule has 0 spiro atoms. The van der Waals surface area contributed by atoms with Gasteiger partial charge in [0.2, 0.25) is 0 Å². The minimum atomic E-state index is 0.00822. The molecule has 2 heteroatoms. The third-order valence-corrected chi connectivity index (χ3v) is 3.69. The van der Waals surface area contributed by atoms with E-state index >= 15 is 0 Å². The first-order chi connectivity index (χ1) is 8.16. The molecule has 1 fully saturated rings. The van der Waals surface area contributed by atoms with Crippen molar-refractivity contribution in [3.05, 3.63) is 36.5 Å². The summed E-state index contributed by atoms with van der Waals surface area (Å²) in [6.45, 7) is 5.24. The lowest BCUT2D eigenvalue weighted by Gasteiger charge is -2.36. The van der Waals surface area contributed by atoms with Crippen molar-refractivity contribution in [1.29, 1.82) is 0 Å². The molecule has 2 aromatic rings. The van der Waals surface area contributed by atoms with Gasteiger partial charge < -0.3 is 9.30 Å². The first-order valence-electron chi connectivity index (χ1n) is 6.35. The van der Waals surface area contributed by atoms with E-state index in [1.807, 2.05) is 0 Å². The number of fused-ring (bicyclic) bond motifs is 1. The molecule has 1 atom stereocenters. The van der Waals surface area contributed by atoms with Crippen molar-refractivity contribution in [3.63, 3.8) is 0 Å². The van der Waals surface area contributed by atoms with Gasteiger partial charge in [-0.2, -0.15) is 0 Å². The molecule has 1 aromatic heterocycles. The molecule has 0 saturated carbocycles. The molecule has 1 aromatic carbocycles. The molecule has 0 N–H and O–H groups in total. The van der Waals surface area contributed by atoms with E-state index < -0.39 is 0 Å². The number of hydrogen-bond acceptors (Lipinski definition) is 1. The standard InChI is InChI=1S/C15H19NO/c1-15(2)11-13(8-10-17-15)16-9-7-12-5-3-4-6-14(12)16/h3-7,9,13H,8,10-11H2,1-2H3. The molecule has 17 heavy (non-hydrogen) atoms. The van der Waals surface area contributed by atoms with Gasteiger partial charge in [0.1, 0.15) is 0 Å². The van der Waals surface area contributed by atoms with Crippen molar-refractivity contribution in [2.24, 2.45) is 0 Å². The molecule has 1 unspecified atom stereocenters. The Morgan fingerprint density at radius 1 is 1.24 bits per heavy atom. The fourth-order valence-electron chi connectivity index (χ4n) is 2.86. The van der Waals surface area contributed by atoms with Gasteiger partial charge in [-0.15, -0.1) is 0 Å². The molecular weight excluding hydrogens is 210 g/mol. The predicted octanol–water partition coefficient (Wildman–Crippen LogP) is 3.77. The van der Waals surface area contributed by atoms with Crippen molar-refractivity contribution in [1.82, 2.24) is 4.57 Å². The summed E-state index contributed by atoms with van der Waals surface area (Å²) in [5, 5.41) is 1.33. The van der Waals surface area contributed by atoms with Gasteiger partial charge >= 0.3 is 0 Å². The van der Waals surface area contributed by atoms with E-state index in [9.17, 15) is 0 Å². The third kappa shape index (κ3) is 1.98. The maximum Gasteiger partial charge on any atom is 0.0646 e. The van der Waals surface area contributed by atoms with Crippen LogP contribution in [-0.2, 0) is 4.74 Å². The van der Waals surface area contributed by atoms with Crippen LogP contribution in [0.1, 0.15) is 32.7 Å². The van der Waals surface area contributed by atoms with E-state index in [0.717, 1.165) is 19.4 Å². The molecule has 1 aliphatic rings. The molecule has 3 rings (SSSR count). The highest BCUT2D eigenvalue weighted by Gasteiger charge is 2.29. The van der Waals surface area contributed by atoms with Crippen molar-refractivity contribution in [2.75, 3.05) is 6.61 Å². The predicted molar refractivity (Wildman–Crippen MR) is 70.2 cm³/mol. The molecule has 0 aliphatic carbocycles. The molecule has 1 aliphatic heterocycles. The van der Waals surface area contributed by atoms with Crippen molar-refractivity contribution >= 4 is 10.9 Å². The molecule has 0 radical (unpaired) electrons. The van der Waals surface area contributed by atoms with E-state index in [2.05, 4.69) is 54.9 Å². The monoisotopic (exact) mass is 229 g/mol. The molecular formula is C15H19NO. The van der Waals surface area contributed by atoms with Crippen LogP contribution in [0.3, 0.4) is 0 Å². The van der Waals surface area contributed by atoms with Gasteiger partial charge in [0, 0.05) is 24.4 Å². The van der Waals surface area contributed by atoms with Crippen LogP contribution in [0.2, 0.25) is 0 Å². The number of benzene rings is 1. The van der Waals surface area contributed by atoms with Gasteiger partial charge in [-0.25, -0.2) is 0 Å². The first kappa shape index (κ1) is 10.8. The maximum atomic E-state index is 5.79. The van der Waals surface area contributed by atoms with Gasteiger partial charge in [-0.1, -0.05) is 18.2 Å². The molecule has 90 valence electrons.